The molecule has 168 valence electrons. The van der Waals surface area contributed by atoms with Crippen molar-refractivity contribution < 1.29 is 9.59 Å². The summed E-state index contributed by atoms with van der Waals surface area (Å²) >= 11 is 13.1. The number of rotatable bonds is 9. The maximum Gasteiger partial charge on any atom is 0.234 e. The molecule has 0 bridgehead atoms. The highest BCUT2D eigenvalue weighted by Crippen LogP contribution is 2.31. The van der Waals surface area contributed by atoms with Crippen LogP contribution in [0.4, 0.5) is 5.69 Å². The van der Waals surface area contributed by atoms with E-state index in [2.05, 4.69) is 31.1 Å². The number of thioether (sulfide) groups is 2. The number of nitrogens with zero attached hydrogens (tertiary/aromatic N) is 2. The third-order valence-corrected chi connectivity index (χ3v) is 8.71. The molecule has 0 saturated heterocycles. The lowest BCUT2D eigenvalue weighted by Gasteiger charge is -2.20. The smallest absolute Gasteiger partial charge is 0.234 e. The van der Waals surface area contributed by atoms with Gasteiger partial charge in [-0.1, -0.05) is 63.8 Å². The number of nitrogens with one attached hydrogen (secondary N) is 1. The Labute approximate surface area is 213 Å². The van der Waals surface area contributed by atoms with Gasteiger partial charge in [0.25, 0.3) is 0 Å². The Morgan fingerprint density at radius 2 is 1.84 bits per heavy atom. The predicted octanol–water partition coefficient (Wildman–Crippen LogP) is 6.33. The van der Waals surface area contributed by atoms with Crippen LogP contribution in [0.25, 0.3) is 10.2 Å². The third-order valence-electron chi connectivity index (χ3n) is 4.49. The minimum atomic E-state index is -0.0944. The number of carbonyl (C=O) groups is 2. The van der Waals surface area contributed by atoms with Gasteiger partial charge in [-0.05, 0) is 44.2 Å². The molecule has 10 heteroatoms. The molecule has 1 aromatic heterocycles. The van der Waals surface area contributed by atoms with Gasteiger partial charge in [0.1, 0.15) is 4.32 Å². The normalized spacial score (nSPS) is 10.8. The summed E-state index contributed by atoms with van der Waals surface area (Å²) in [5, 5.41) is 2.93. The molecular weight excluding hydrogens is 546 g/mol. The van der Waals surface area contributed by atoms with E-state index in [-0.39, 0.29) is 17.4 Å². The van der Waals surface area contributed by atoms with Crippen LogP contribution in [0.15, 0.2) is 51.3 Å². The Kier molecular flexibility index (Phi) is 9.54. The number of thiocarbonyl (C=S) groups is 1. The lowest BCUT2D eigenvalue weighted by molar-refractivity contribution is -0.113. The van der Waals surface area contributed by atoms with Crippen LogP contribution in [-0.2, 0) is 4.79 Å². The molecule has 3 aromatic rings. The molecule has 3 rings (SSSR count). The van der Waals surface area contributed by atoms with E-state index in [1.54, 1.807) is 0 Å². The number of carbonyl (C=O) groups excluding carboxylic acids is 2. The Morgan fingerprint density at radius 1 is 1.12 bits per heavy atom. The fraction of sp³-hybridized carbons (Fsp3) is 0.273. The quantitative estimate of drug-likeness (QED) is 0.184. The second-order valence-electron chi connectivity index (χ2n) is 6.66. The summed E-state index contributed by atoms with van der Waals surface area (Å²) in [6, 6.07) is 13.0. The average molecular weight is 569 g/mol. The van der Waals surface area contributed by atoms with Gasteiger partial charge in [0, 0.05) is 28.8 Å². The molecule has 0 saturated carbocycles. The first kappa shape index (κ1) is 25.2. The van der Waals surface area contributed by atoms with Crippen LogP contribution in [0.5, 0.6) is 0 Å². The van der Waals surface area contributed by atoms with E-state index < -0.39 is 0 Å². The molecule has 0 aliphatic carbocycles. The summed E-state index contributed by atoms with van der Waals surface area (Å²) in [4.78, 5) is 31.4. The largest absolute Gasteiger partial charge is 0.358 e. The molecule has 0 radical (unpaired) electrons. The van der Waals surface area contributed by atoms with Crippen molar-refractivity contribution in [1.82, 2.24) is 9.88 Å². The van der Waals surface area contributed by atoms with E-state index in [1.165, 1.54) is 34.9 Å². The Balaban J connectivity index is 1.56. The van der Waals surface area contributed by atoms with Crippen molar-refractivity contribution in [3.63, 3.8) is 0 Å². The number of hydrogen-bond donors (Lipinski definition) is 1. The number of amides is 1. The second-order valence-corrected chi connectivity index (χ2v) is 11.4. The number of hydrogen-bond acceptors (Lipinski definition) is 7. The minimum Gasteiger partial charge on any atom is -0.358 e. The molecule has 32 heavy (non-hydrogen) atoms. The van der Waals surface area contributed by atoms with Gasteiger partial charge in [-0.2, -0.15) is 0 Å². The molecule has 1 amide bonds. The Morgan fingerprint density at radius 3 is 2.53 bits per heavy atom. The van der Waals surface area contributed by atoms with Gasteiger partial charge in [-0.25, -0.2) is 4.98 Å². The van der Waals surface area contributed by atoms with Gasteiger partial charge < -0.3 is 10.2 Å². The topological polar surface area (TPSA) is 62.3 Å². The molecule has 0 aliphatic rings. The fourth-order valence-corrected chi connectivity index (χ4v) is 6.26. The maximum atomic E-state index is 12.4. The van der Waals surface area contributed by atoms with Gasteiger partial charge in [0.05, 0.1) is 21.7 Å². The van der Waals surface area contributed by atoms with E-state index in [9.17, 15) is 9.59 Å². The zero-order valence-electron chi connectivity index (χ0n) is 17.6. The first-order chi connectivity index (χ1) is 15.4. The molecular formula is C22H22BrN3O2S4. The van der Waals surface area contributed by atoms with Crippen molar-refractivity contribution in [2.75, 3.05) is 29.9 Å². The van der Waals surface area contributed by atoms with Crippen molar-refractivity contribution in [3.8, 4) is 0 Å². The average Bonchev–Trinajstić information content (AvgIpc) is 3.19. The van der Waals surface area contributed by atoms with Crippen LogP contribution < -0.4 is 5.32 Å². The summed E-state index contributed by atoms with van der Waals surface area (Å²) in [5.74, 6) is 0.572. The maximum absolute atomic E-state index is 12.4. The Bertz CT molecular complexity index is 1110. The molecule has 0 fully saturated rings. The number of thiazole rings is 1. The molecule has 0 atom stereocenters. The minimum absolute atomic E-state index is 0.0647. The molecule has 0 spiro atoms. The Hall–Kier alpha value is -1.46. The summed E-state index contributed by atoms with van der Waals surface area (Å²) in [5.41, 5.74) is 2.26. The van der Waals surface area contributed by atoms with Crippen molar-refractivity contribution >= 4 is 94.9 Å². The highest BCUT2D eigenvalue weighted by molar-refractivity contribution is 9.10. The van der Waals surface area contributed by atoms with E-state index >= 15 is 0 Å². The number of halogens is 1. The van der Waals surface area contributed by atoms with Gasteiger partial charge in [-0.15, -0.1) is 11.3 Å². The van der Waals surface area contributed by atoms with E-state index in [4.69, 9.17) is 12.2 Å². The number of benzene rings is 2. The standard InChI is InChI=1S/C22H22BrN3O2S4/c1-3-26(4-2)22(29)31-13-20(28)24-16-9-10-17-19(11-16)32-21(25-17)30-12-18(27)14-5-7-15(23)8-6-14/h5-11H,3-4,12-13H2,1-2H3,(H,24,28). The highest BCUT2D eigenvalue weighted by Gasteiger charge is 2.12. The lowest BCUT2D eigenvalue weighted by atomic mass is 10.2. The van der Waals surface area contributed by atoms with E-state index in [0.29, 0.717) is 11.3 Å². The van der Waals surface area contributed by atoms with Gasteiger partial charge in [-0.3, -0.25) is 9.59 Å². The monoisotopic (exact) mass is 567 g/mol. The first-order valence-corrected chi connectivity index (χ1v) is 13.9. The summed E-state index contributed by atoms with van der Waals surface area (Å²) in [6.45, 7) is 5.76. The van der Waals surface area contributed by atoms with Crippen molar-refractivity contribution in [3.05, 3.63) is 52.5 Å². The number of anilines is 1. The summed E-state index contributed by atoms with van der Waals surface area (Å²) in [6.07, 6.45) is 0. The first-order valence-electron chi connectivity index (χ1n) is 9.93. The SMILES string of the molecule is CCN(CC)C(=S)SCC(=O)Nc1ccc2nc(SCC(=O)c3ccc(Br)cc3)sc2c1. The van der Waals surface area contributed by atoms with Crippen LogP contribution in [0, 0.1) is 0 Å². The van der Waals surface area contributed by atoms with E-state index in [0.717, 1.165) is 42.1 Å². The zero-order chi connectivity index (χ0) is 23.1. The van der Waals surface area contributed by atoms with E-state index in [1.807, 2.05) is 56.3 Å². The number of ketones is 1. The summed E-state index contributed by atoms with van der Waals surface area (Å²) < 4.78 is 3.48. The molecule has 0 unspecified atom stereocenters. The van der Waals surface area contributed by atoms with Gasteiger partial charge in [0.15, 0.2) is 10.1 Å². The molecule has 1 heterocycles. The highest BCUT2D eigenvalue weighted by atomic mass is 79.9. The number of fused-ring (bicyclic) bond motifs is 1. The lowest BCUT2D eigenvalue weighted by Crippen LogP contribution is -2.28. The van der Waals surface area contributed by atoms with Gasteiger partial charge >= 0.3 is 0 Å². The van der Waals surface area contributed by atoms with Crippen molar-refractivity contribution in [2.24, 2.45) is 0 Å². The molecule has 2 aromatic carbocycles. The van der Waals surface area contributed by atoms with Crippen LogP contribution in [0.3, 0.4) is 0 Å². The molecule has 1 N–H and O–H groups in total. The van der Waals surface area contributed by atoms with Crippen LogP contribution >= 0.6 is 63.0 Å². The van der Waals surface area contributed by atoms with Crippen molar-refractivity contribution in [2.45, 2.75) is 18.2 Å². The predicted molar refractivity (Wildman–Crippen MR) is 145 cm³/mol. The summed E-state index contributed by atoms with van der Waals surface area (Å²) in [7, 11) is 0. The van der Waals surface area contributed by atoms with Crippen LogP contribution in [0.1, 0.15) is 24.2 Å². The number of Topliss-reactive ketones (excluding diaryl/α,β-unsaturated/α-hetero) is 1. The second kappa shape index (κ2) is 12.1. The number of aromatic nitrogens is 1. The van der Waals surface area contributed by atoms with Crippen LogP contribution in [-0.4, -0.2) is 50.5 Å². The fourth-order valence-electron chi connectivity index (χ4n) is 2.79. The zero-order valence-corrected chi connectivity index (χ0v) is 22.4. The van der Waals surface area contributed by atoms with Crippen LogP contribution in [0.2, 0.25) is 0 Å². The third kappa shape index (κ3) is 7.02. The molecule has 0 aliphatic heterocycles. The van der Waals surface area contributed by atoms with Gasteiger partial charge in [0.2, 0.25) is 5.91 Å². The van der Waals surface area contributed by atoms with Crippen molar-refractivity contribution in [1.29, 1.82) is 0 Å². The molecule has 5 nitrogen and oxygen atoms in total.